The van der Waals surface area contributed by atoms with Crippen LogP contribution >= 0.6 is 11.6 Å². The van der Waals surface area contributed by atoms with E-state index in [-0.39, 0.29) is 22.6 Å². The molecule has 3 atom stereocenters. The Labute approximate surface area is 158 Å². The number of halogens is 1. The van der Waals surface area contributed by atoms with E-state index in [0.29, 0.717) is 12.0 Å². The molecule has 3 rings (SSSR count). The number of nitrogens with zero attached hydrogens (tertiary/aromatic N) is 2. The Hall–Kier alpha value is -2.97. The smallest absolute Gasteiger partial charge is 0.365 e. The molecule has 8 nitrogen and oxygen atoms in total. The van der Waals surface area contributed by atoms with E-state index in [1.165, 1.54) is 30.3 Å². The number of hydrogen-bond acceptors (Lipinski definition) is 6. The summed E-state index contributed by atoms with van der Waals surface area (Å²) in [5, 5.41) is 34.0. The lowest BCUT2D eigenvalue weighted by Gasteiger charge is -2.37. The van der Waals surface area contributed by atoms with Gasteiger partial charge >= 0.3 is 5.00 Å². The topological polar surface area (TPSA) is 116 Å². The van der Waals surface area contributed by atoms with Crippen LogP contribution in [0.2, 0.25) is 0 Å². The van der Waals surface area contributed by atoms with Crippen LogP contribution in [0, 0.1) is 20.2 Å². The Morgan fingerprint density at radius 2 is 1.85 bits per heavy atom. The minimum atomic E-state index is -2.54. The number of alkyl halides is 1. The van der Waals surface area contributed by atoms with Crippen LogP contribution in [0.1, 0.15) is 28.9 Å². The van der Waals surface area contributed by atoms with Gasteiger partial charge in [0.1, 0.15) is 5.75 Å². The minimum absolute atomic E-state index is 0.0905. The summed E-state index contributed by atoms with van der Waals surface area (Å²) in [4.78, 5) is 19.1. The molecule has 1 N–H and O–H groups in total. The molecule has 1 aliphatic heterocycles. The first-order valence-electron chi connectivity index (χ1n) is 7.96. The van der Waals surface area contributed by atoms with Crippen LogP contribution in [0.4, 0.5) is 5.69 Å². The fourth-order valence-corrected chi connectivity index (χ4v) is 3.47. The molecule has 0 spiro atoms. The van der Waals surface area contributed by atoms with Gasteiger partial charge in [-0.2, -0.15) is 0 Å². The van der Waals surface area contributed by atoms with Crippen molar-refractivity contribution < 1.29 is 19.7 Å². The fourth-order valence-electron chi connectivity index (χ4n) is 3.19. The Kier molecular flexibility index (Phi) is 4.86. The van der Waals surface area contributed by atoms with Gasteiger partial charge in [0, 0.05) is 11.6 Å². The maximum atomic E-state index is 11.8. The maximum absolute atomic E-state index is 11.8. The fraction of sp³-hybridized carbons (Fsp3) is 0.222. The molecular formula is C18H15ClN2O6. The summed E-state index contributed by atoms with van der Waals surface area (Å²) in [6, 6.07) is 10.3. The predicted molar refractivity (Wildman–Crippen MR) is 97.3 cm³/mol. The zero-order valence-electron chi connectivity index (χ0n) is 13.9. The van der Waals surface area contributed by atoms with E-state index in [1.54, 1.807) is 18.2 Å². The summed E-state index contributed by atoms with van der Waals surface area (Å²) in [7, 11) is 0. The van der Waals surface area contributed by atoms with Crippen LogP contribution in [0.5, 0.6) is 5.75 Å². The lowest BCUT2D eigenvalue weighted by molar-refractivity contribution is -0.571. The van der Waals surface area contributed by atoms with Crippen molar-refractivity contribution in [3.8, 4) is 5.75 Å². The number of allylic oxidation sites excluding steroid dienone is 1. The SMILES string of the molecule is C=CCc1cccc2c1O[C@@H](c1ccccc1[N+](=O)[O-])[C@](Cl)([N+](=O)[O-])[C@H]2O. The highest BCUT2D eigenvalue weighted by atomic mass is 35.5. The van der Waals surface area contributed by atoms with E-state index in [2.05, 4.69) is 6.58 Å². The Bertz CT molecular complexity index is 934. The molecule has 0 aromatic heterocycles. The predicted octanol–water partition coefficient (Wildman–Crippen LogP) is 3.70. The summed E-state index contributed by atoms with van der Waals surface area (Å²) >= 11 is 6.28. The number of nitro groups is 2. The maximum Gasteiger partial charge on any atom is 0.365 e. The average molecular weight is 391 g/mol. The van der Waals surface area contributed by atoms with Crippen LogP contribution in [0.15, 0.2) is 55.1 Å². The molecule has 1 aliphatic rings. The third-order valence-corrected chi connectivity index (χ3v) is 5.01. The average Bonchev–Trinajstić information content (AvgIpc) is 2.65. The van der Waals surface area contributed by atoms with Gasteiger partial charge in [-0.25, -0.2) is 0 Å². The van der Waals surface area contributed by atoms with E-state index in [9.17, 15) is 25.3 Å². The van der Waals surface area contributed by atoms with Gasteiger partial charge < -0.3 is 9.84 Å². The summed E-state index contributed by atoms with van der Waals surface area (Å²) in [6.45, 7) is 3.65. The molecule has 0 saturated heterocycles. The van der Waals surface area contributed by atoms with Gasteiger partial charge in [-0.1, -0.05) is 36.4 Å². The van der Waals surface area contributed by atoms with E-state index in [1.807, 2.05) is 0 Å². The van der Waals surface area contributed by atoms with Gasteiger partial charge in [0.2, 0.25) is 6.10 Å². The number of benzene rings is 2. The molecule has 0 bridgehead atoms. The van der Waals surface area contributed by atoms with Crippen LogP contribution in [0.3, 0.4) is 0 Å². The van der Waals surface area contributed by atoms with Crippen molar-refractivity contribution in [2.45, 2.75) is 23.6 Å². The number of hydrogen-bond donors (Lipinski definition) is 1. The highest BCUT2D eigenvalue weighted by molar-refractivity contribution is 6.23. The first kappa shape index (κ1) is 18.8. The summed E-state index contributed by atoms with van der Waals surface area (Å²) in [5.41, 5.74) is 0.307. The second-order valence-corrected chi connectivity index (χ2v) is 6.63. The molecule has 0 aliphatic carbocycles. The highest BCUT2D eigenvalue weighted by Gasteiger charge is 2.63. The zero-order valence-corrected chi connectivity index (χ0v) is 14.7. The van der Waals surface area contributed by atoms with Gasteiger partial charge in [0.05, 0.1) is 15.4 Å². The van der Waals surface area contributed by atoms with E-state index >= 15 is 0 Å². The molecule has 0 amide bonds. The molecule has 0 fully saturated rings. The molecular weight excluding hydrogens is 376 g/mol. The third kappa shape index (κ3) is 2.92. The van der Waals surface area contributed by atoms with Gasteiger partial charge in [0.15, 0.2) is 6.10 Å². The molecule has 0 unspecified atom stereocenters. The van der Waals surface area contributed by atoms with Crippen LogP contribution in [0.25, 0.3) is 0 Å². The lowest BCUT2D eigenvalue weighted by atomic mass is 9.87. The minimum Gasteiger partial charge on any atom is -0.476 e. The molecule has 1 heterocycles. The summed E-state index contributed by atoms with van der Waals surface area (Å²) in [6.07, 6.45) is -1.33. The lowest BCUT2D eigenvalue weighted by Crippen LogP contribution is -2.49. The van der Waals surface area contributed by atoms with Crippen molar-refractivity contribution in [1.29, 1.82) is 0 Å². The molecule has 9 heteroatoms. The van der Waals surface area contributed by atoms with Gasteiger partial charge in [-0.05, 0) is 29.7 Å². The Morgan fingerprint density at radius 3 is 2.48 bits per heavy atom. The van der Waals surface area contributed by atoms with Crippen molar-refractivity contribution in [2.24, 2.45) is 0 Å². The van der Waals surface area contributed by atoms with Gasteiger partial charge in [0.25, 0.3) is 5.69 Å². The van der Waals surface area contributed by atoms with Crippen molar-refractivity contribution in [2.75, 3.05) is 0 Å². The standard InChI is InChI=1S/C18H15ClN2O6/c1-2-6-11-7-5-9-13-15(11)27-17(18(19,16(13)22)21(25)26)12-8-3-4-10-14(12)20(23)24/h2-5,7-10,16-17,22H,1,6H2/t16-,17-,18+/m0/s1. The van der Waals surface area contributed by atoms with Crippen molar-refractivity contribution in [1.82, 2.24) is 0 Å². The number of ether oxygens (including phenoxy) is 1. The number of aliphatic hydroxyl groups excluding tert-OH is 1. The summed E-state index contributed by atoms with van der Waals surface area (Å²) < 4.78 is 5.85. The number of para-hydroxylation sites is 2. The molecule has 140 valence electrons. The monoisotopic (exact) mass is 390 g/mol. The second-order valence-electron chi connectivity index (χ2n) is 6.03. The third-order valence-electron chi connectivity index (χ3n) is 4.47. The molecule has 2 aromatic carbocycles. The molecule has 0 saturated carbocycles. The van der Waals surface area contributed by atoms with Crippen molar-refractivity contribution in [3.05, 3.63) is 92.0 Å². The highest BCUT2D eigenvalue weighted by Crippen LogP contribution is 2.53. The van der Waals surface area contributed by atoms with Crippen molar-refractivity contribution >= 4 is 17.3 Å². The molecule has 2 aromatic rings. The van der Waals surface area contributed by atoms with Gasteiger partial charge in [-0.15, -0.1) is 6.58 Å². The summed E-state index contributed by atoms with van der Waals surface area (Å²) in [5.74, 6) is 0.214. The van der Waals surface area contributed by atoms with E-state index in [0.717, 1.165) is 0 Å². The normalized spacial score (nSPS) is 23.8. The van der Waals surface area contributed by atoms with Gasteiger partial charge in [-0.3, -0.25) is 20.2 Å². The number of nitro benzene ring substituents is 1. The zero-order chi connectivity index (χ0) is 19.8. The van der Waals surface area contributed by atoms with Crippen LogP contribution in [-0.2, 0) is 6.42 Å². The second kappa shape index (κ2) is 6.98. The molecule has 27 heavy (non-hydrogen) atoms. The van der Waals surface area contributed by atoms with Crippen LogP contribution < -0.4 is 4.74 Å². The quantitative estimate of drug-likeness (QED) is 0.273. The van der Waals surface area contributed by atoms with Crippen LogP contribution in [-0.4, -0.2) is 20.0 Å². The van der Waals surface area contributed by atoms with E-state index < -0.39 is 27.1 Å². The number of rotatable bonds is 5. The van der Waals surface area contributed by atoms with E-state index in [4.69, 9.17) is 16.3 Å². The first-order chi connectivity index (χ1) is 12.8. The Balaban J connectivity index is 2.26. The largest absolute Gasteiger partial charge is 0.476 e. The molecule has 0 radical (unpaired) electrons. The number of aliphatic hydroxyl groups is 1. The Morgan fingerprint density at radius 1 is 1.19 bits per heavy atom. The first-order valence-corrected chi connectivity index (χ1v) is 8.34. The van der Waals surface area contributed by atoms with Crippen molar-refractivity contribution in [3.63, 3.8) is 0 Å². The number of fused-ring (bicyclic) bond motifs is 1.